The summed E-state index contributed by atoms with van der Waals surface area (Å²) in [6, 6.07) is 0. The van der Waals surface area contributed by atoms with Gasteiger partial charge in [-0.05, 0) is 56.3 Å². The predicted molar refractivity (Wildman–Crippen MR) is 108 cm³/mol. The van der Waals surface area contributed by atoms with Crippen LogP contribution in [0.3, 0.4) is 0 Å². The number of fused-ring (bicyclic) bond motifs is 1. The predicted octanol–water partition coefficient (Wildman–Crippen LogP) is 4.71. The topological polar surface area (TPSA) is 77.8 Å². The molecule has 0 amide bonds. The number of hydrogen-bond acceptors (Lipinski definition) is 3. The molecule has 0 aliphatic heterocycles. The van der Waals surface area contributed by atoms with Gasteiger partial charge in [-0.25, -0.2) is 0 Å². The second-order valence-corrected chi connectivity index (χ2v) is 8.71. The summed E-state index contributed by atoms with van der Waals surface area (Å²) in [5, 5.41) is 29.6. The molecule has 2 aliphatic rings. The van der Waals surface area contributed by atoms with Gasteiger partial charge in [0.05, 0.1) is 12.2 Å². The number of carboxylic acids is 1. The first-order valence-electron chi connectivity index (χ1n) is 10.9. The standard InChI is InChI=1S/C23H38O4/c1-3-4-5-8-16(2)21(24)12-11-19-20-14-17(9-6-7-10-23(26)27)13-18(20)15-22(19)25/h9,11-12,16,18-22,24-25H,3-8,10,13-15H2,1-2H3,(H,26,27)/t16?,18-,19-,20+,21+,22-/m1/s1. The fraction of sp³-hybridized carbons (Fsp3) is 0.783. The Bertz CT molecular complexity index is 524. The first-order valence-corrected chi connectivity index (χ1v) is 10.9. The molecule has 0 aromatic carbocycles. The van der Waals surface area contributed by atoms with E-state index in [9.17, 15) is 15.0 Å². The van der Waals surface area contributed by atoms with E-state index in [2.05, 4.69) is 26.0 Å². The molecule has 0 aromatic rings. The minimum absolute atomic E-state index is 0.136. The Morgan fingerprint density at radius 2 is 2.04 bits per heavy atom. The van der Waals surface area contributed by atoms with Gasteiger partial charge in [-0.1, -0.05) is 56.9 Å². The van der Waals surface area contributed by atoms with Crippen LogP contribution in [0, 0.1) is 23.7 Å². The minimum Gasteiger partial charge on any atom is -0.481 e. The normalized spacial score (nSPS) is 31.5. The molecule has 0 bridgehead atoms. The van der Waals surface area contributed by atoms with Crippen LogP contribution in [0.25, 0.3) is 0 Å². The highest BCUT2D eigenvalue weighted by atomic mass is 16.4. The fourth-order valence-corrected chi connectivity index (χ4v) is 4.82. The molecule has 0 aromatic heterocycles. The third kappa shape index (κ3) is 6.76. The quantitative estimate of drug-likeness (QED) is 0.359. The first kappa shape index (κ1) is 22.2. The molecule has 4 heteroatoms. The van der Waals surface area contributed by atoms with Crippen LogP contribution in [-0.4, -0.2) is 33.5 Å². The van der Waals surface area contributed by atoms with Crippen molar-refractivity contribution in [2.45, 2.75) is 90.3 Å². The average molecular weight is 379 g/mol. The molecule has 2 aliphatic carbocycles. The maximum absolute atomic E-state index is 10.6. The SMILES string of the molecule is CCCCCC(C)[C@@H](O)C=C[C@@H]1[C@H]2CC(=CCCCC(=O)O)C[C@@H]2C[C@H]1O. The molecule has 3 N–H and O–H groups in total. The van der Waals surface area contributed by atoms with Gasteiger partial charge in [0.25, 0.3) is 0 Å². The lowest BCUT2D eigenvalue weighted by Crippen LogP contribution is -2.19. The fourth-order valence-electron chi connectivity index (χ4n) is 4.82. The van der Waals surface area contributed by atoms with E-state index in [0.717, 1.165) is 38.5 Å². The number of unbranched alkanes of at least 4 members (excludes halogenated alkanes) is 3. The third-order valence-corrected chi connectivity index (χ3v) is 6.52. The van der Waals surface area contributed by atoms with Crippen molar-refractivity contribution in [2.24, 2.45) is 23.7 Å². The summed E-state index contributed by atoms with van der Waals surface area (Å²) in [5.41, 5.74) is 1.43. The highest BCUT2D eigenvalue weighted by Crippen LogP contribution is 2.50. The van der Waals surface area contributed by atoms with Crippen LogP contribution >= 0.6 is 0 Å². The molecule has 154 valence electrons. The summed E-state index contributed by atoms with van der Waals surface area (Å²) in [6.07, 6.45) is 14.7. The summed E-state index contributed by atoms with van der Waals surface area (Å²) >= 11 is 0. The summed E-state index contributed by atoms with van der Waals surface area (Å²) in [6.45, 7) is 4.29. The van der Waals surface area contributed by atoms with E-state index in [4.69, 9.17) is 5.11 Å². The Balaban J connectivity index is 1.84. The number of rotatable bonds is 11. The van der Waals surface area contributed by atoms with E-state index >= 15 is 0 Å². The van der Waals surface area contributed by atoms with Crippen LogP contribution < -0.4 is 0 Å². The van der Waals surface area contributed by atoms with Gasteiger partial charge in [0.1, 0.15) is 0 Å². The molecular formula is C23H38O4. The van der Waals surface area contributed by atoms with Crippen molar-refractivity contribution in [3.05, 3.63) is 23.8 Å². The van der Waals surface area contributed by atoms with Gasteiger partial charge in [-0.15, -0.1) is 0 Å². The molecule has 0 heterocycles. The number of aliphatic hydroxyl groups excluding tert-OH is 2. The van der Waals surface area contributed by atoms with Crippen LogP contribution in [0.15, 0.2) is 23.8 Å². The van der Waals surface area contributed by atoms with Crippen LogP contribution in [0.2, 0.25) is 0 Å². The molecule has 4 nitrogen and oxygen atoms in total. The monoisotopic (exact) mass is 378 g/mol. The van der Waals surface area contributed by atoms with Crippen LogP contribution in [0.4, 0.5) is 0 Å². The van der Waals surface area contributed by atoms with Crippen LogP contribution in [0.5, 0.6) is 0 Å². The molecule has 0 spiro atoms. The Kier molecular flexibility index (Phi) is 9.04. The average Bonchev–Trinajstić information content (AvgIpc) is 3.13. The van der Waals surface area contributed by atoms with Gasteiger partial charge < -0.3 is 15.3 Å². The lowest BCUT2D eigenvalue weighted by Gasteiger charge is -2.20. The minimum atomic E-state index is -0.729. The van der Waals surface area contributed by atoms with Crippen LogP contribution in [-0.2, 0) is 4.79 Å². The molecule has 2 fully saturated rings. The summed E-state index contributed by atoms with van der Waals surface area (Å²) in [5.74, 6) is 0.657. The lowest BCUT2D eigenvalue weighted by molar-refractivity contribution is -0.137. The molecule has 6 atom stereocenters. The van der Waals surface area contributed by atoms with E-state index in [1.54, 1.807) is 0 Å². The van der Waals surface area contributed by atoms with Gasteiger partial charge >= 0.3 is 5.97 Å². The Labute approximate surface area is 164 Å². The highest BCUT2D eigenvalue weighted by Gasteiger charge is 2.44. The molecule has 2 rings (SSSR count). The molecular weight excluding hydrogens is 340 g/mol. The Morgan fingerprint density at radius 1 is 1.26 bits per heavy atom. The maximum Gasteiger partial charge on any atom is 0.303 e. The number of carboxylic acid groups (broad SMARTS) is 1. The van der Waals surface area contributed by atoms with Gasteiger partial charge in [-0.3, -0.25) is 4.79 Å². The zero-order valence-electron chi connectivity index (χ0n) is 17.0. The van der Waals surface area contributed by atoms with E-state index < -0.39 is 12.1 Å². The van der Waals surface area contributed by atoms with Gasteiger partial charge in [-0.2, -0.15) is 0 Å². The molecule has 27 heavy (non-hydrogen) atoms. The molecule has 0 radical (unpaired) electrons. The largest absolute Gasteiger partial charge is 0.481 e. The van der Waals surface area contributed by atoms with Crippen molar-refractivity contribution in [3.8, 4) is 0 Å². The molecule has 0 saturated heterocycles. The maximum atomic E-state index is 10.6. The van der Waals surface area contributed by atoms with Gasteiger partial charge in [0, 0.05) is 12.3 Å². The number of carbonyl (C=O) groups is 1. The van der Waals surface area contributed by atoms with Crippen molar-refractivity contribution in [2.75, 3.05) is 0 Å². The smallest absolute Gasteiger partial charge is 0.303 e. The van der Waals surface area contributed by atoms with Crippen molar-refractivity contribution in [1.29, 1.82) is 0 Å². The summed E-state index contributed by atoms with van der Waals surface area (Å²) in [7, 11) is 0. The van der Waals surface area contributed by atoms with E-state index in [-0.39, 0.29) is 24.4 Å². The number of aliphatic carboxylic acids is 1. The summed E-state index contributed by atoms with van der Waals surface area (Å²) < 4.78 is 0. The third-order valence-electron chi connectivity index (χ3n) is 6.52. The highest BCUT2D eigenvalue weighted by molar-refractivity contribution is 5.66. The molecule has 2 saturated carbocycles. The van der Waals surface area contributed by atoms with E-state index in [0.29, 0.717) is 18.3 Å². The number of allylic oxidation sites excluding steroid dienone is 2. The number of aliphatic hydroxyl groups is 2. The Hall–Kier alpha value is -1.13. The number of hydrogen-bond donors (Lipinski definition) is 3. The second-order valence-electron chi connectivity index (χ2n) is 8.71. The zero-order valence-corrected chi connectivity index (χ0v) is 17.0. The first-order chi connectivity index (χ1) is 12.9. The van der Waals surface area contributed by atoms with Crippen LogP contribution in [0.1, 0.15) is 78.1 Å². The van der Waals surface area contributed by atoms with Crippen molar-refractivity contribution in [3.63, 3.8) is 0 Å². The molecule has 1 unspecified atom stereocenters. The zero-order chi connectivity index (χ0) is 19.8. The van der Waals surface area contributed by atoms with Gasteiger partial charge in [0.2, 0.25) is 0 Å². The van der Waals surface area contributed by atoms with Gasteiger partial charge in [0.15, 0.2) is 0 Å². The second kappa shape index (κ2) is 11.0. The van der Waals surface area contributed by atoms with Crippen molar-refractivity contribution in [1.82, 2.24) is 0 Å². The summed E-state index contributed by atoms with van der Waals surface area (Å²) in [4.78, 5) is 10.6. The van der Waals surface area contributed by atoms with E-state index in [1.165, 1.54) is 18.4 Å². The van der Waals surface area contributed by atoms with Crippen molar-refractivity contribution < 1.29 is 20.1 Å². The van der Waals surface area contributed by atoms with Crippen molar-refractivity contribution >= 4 is 5.97 Å². The lowest BCUT2D eigenvalue weighted by atomic mass is 9.89. The van der Waals surface area contributed by atoms with E-state index in [1.807, 2.05) is 6.08 Å². The Morgan fingerprint density at radius 3 is 2.74 bits per heavy atom.